The van der Waals surface area contributed by atoms with Crippen LogP contribution in [0.1, 0.15) is 96.5 Å². The van der Waals surface area contributed by atoms with Gasteiger partial charge in [0.05, 0.1) is 11.6 Å². The number of aliphatic hydroxyl groups excluding tert-OH is 2. The molecule has 2 aliphatic heterocycles. The van der Waals surface area contributed by atoms with Gasteiger partial charge in [-0.15, -0.1) is 0 Å². The summed E-state index contributed by atoms with van der Waals surface area (Å²) < 4.78 is 6.57. The lowest BCUT2D eigenvalue weighted by atomic mass is 9.55. The van der Waals surface area contributed by atoms with Crippen LogP contribution < -0.4 is 10.1 Å². The molecule has 49 heavy (non-hydrogen) atoms. The maximum atomic E-state index is 13.7. The van der Waals surface area contributed by atoms with Crippen LogP contribution >= 0.6 is 0 Å². The number of amides is 3. The molecule has 12 nitrogen and oxygen atoms in total. The van der Waals surface area contributed by atoms with E-state index in [1.165, 1.54) is 4.90 Å². The number of fused-ring (bicyclic) bond motifs is 2. The third-order valence-corrected chi connectivity index (χ3v) is 10.5. The second-order valence-corrected chi connectivity index (χ2v) is 15.1. The van der Waals surface area contributed by atoms with Crippen LogP contribution in [0.3, 0.4) is 0 Å². The number of unbranched alkanes of at least 4 members (excludes halogenated alkanes) is 2. The van der Waals surface area contributed by atoms with Crippen LogP contribution in [0.4, 0.5) is 4.79 Å². The molecule has 1 saturated heterocycles. The quantitative estimate of drug-likeness (QED) is 0.143. The largest absolute Gasteiger partial charge is 0.508 e. The number of rotatable bonds is 14. The van der Waals surface area contributed by atoms with E-state index in [0.717, 1.165) is 49.8 Å². The number of aromatic hydroxyl groups is 1. The summed E-state index contributed by atoms with van der Waals surface area (Å²) in [6.45, 7) is 7.63. The van der Waals surface area contributed by atoms with Crippen LogP contribution in [0.25, 0.3) is 0 Å². The number of hydrogen-bond donors (Lipinski definition) is 5. The third-order valence-electron chi connectivity index (χ3n) is 10.5. The summed E-state index contributed by atoms with van der Waals surface area (Å²) >= 11 is 0. The summed E-state index contributed by atoms with van der Waals surface area (Å²) in [5.41, 5.74) is 1.67. The topological polar surface area (TPSA) is 164 Å². The summed E-state index contributed by atoms with van der Waals surface area (Å²) in [5.74, 6) is -1.96. The van der Waals surface area contributed by atoms with Crippen LogP contribution in [-0.2, 0) is 9.63 Å². The molecule has 2 fully saturated rings. The van der Waals surface area contributed by atoms with Gasteiger partial charge in [-0.2, -0.15) is 0 Å². The van der Waals surface area contributed by atoms with Crippen LogP contribution in [0.2, 0.25) is 0 Å². The molecule has 0 aromatic heterocycles. The Morgan fingerprint density at radius 1 is 1.14 bits per heavy atom. The summed E-state index contributed by atoms with van der Waals surface area (Å²) in [6.07, 6.45) is 8.93. The van der Waals surface area contributed by atoms with Crippen molar-refractivity contribution in [3.8, 4) is 11.5 Å². The molecule has 0 unspecified atom stereocenters. The molecule has 4 aliphatic rings. The molecule has 1 saturated carbocycles. The number of urea groups is 1. The van der Waals surface area contributed by atoms with Gasteiger partial charge < -0.3 is 45.1 Å². The molecule has 12 heteroatoms. The predicted molar refractivity (Wildman–Crippen MR) is 185 cm³/mol. The lowest BCUT2D eigenvalue weighted by Gasteiger charge is -2.58. The molecule has 6 atom stereocenters. The molecule has 0 bridgehead atoms. The number of phenolic OH excluding ortho intramolecular Hbond substituents is 1. The first-order valence-corrected chi connectivity index (χ1v) is 18.1. The normalized spacial score (nSPS) is 28.4. The molecule has 1 aromatic rings. The molecule has 3 amide bonds. The minimum Gasteiger partial charge on any atom is -0.508 e. The number of likely N-dealkylation sites (tertiary alicyclic amines) is 1. The second-order valence-electron chi connectivity index (χ2n) is 15.1. The Morgan fingerprint density at radius 3 is 2.55 bits per heavy atom. The van der Waals surface area contributed by atoms with Crippen molar-refractivity contribution in [2.24, 2.45) is 22.9 Å². The van der Waals surface area contributed by atoms with Gasteiger partial charge in [-0.1, -0.05) is 24.1 Å². The fourth-order valence-corrected chi connectivity index (χ4v) is 8.23. The maximum absolute atomic E-state index is 13.7. The van der Waals surface area contributed by atoms with Crippen molar-refractivity contribution in [1.29, 1.82) is 0 Å². The summed E-state index contributed by atoms with van der Waals surface area (Å²) in [6, 6.07) is 3.74. The number of nitrogens with zero attached hydrogens (tertiary/aromatic N) is 3. The highest BCUT2D eigenvalue weighted by Crippen LogP contribution is 2.60. The number of aliphatic hydroxyl groups is 3. The Balaban J connectivity index is 1.54. The van der Waals surface area contributed by atoms with Crippen molar-refractivity contribution in [2.45, 2.75) is 108 Å². The number of ether oxygens (including phenoxy) is 1. The van der Waals surface area contributed by atoms with Crippen LogP contribution in [0.5, 0.6) is 11.5 Å². The molecule has 5 N–H and O–H groups in total. The average molecular weight is 685 g/mol. The standard InChI is InChI=1S/C37H56N4O8/c1-36(2,3)49-39-29-23-31(40(4)35(46)38-16-10-18-41-17-9-13-32(41)45)37(47)34-27(29)21-24(11-5-7-19-42)26(12-6-8-20-43)33(34)28-22-25(44)14-15-30(28)48-37/h14-15,21-22,24,26,31,33-34,42-44,47H,5-13,16-20,23H2,1-4H3,(H,38,46)/t24-,26+,31-,33+,34+,37+/m0/s1. The summed E-state index contributed by atoms with van der Waals surface area (Å²) in [4.78, 5) is 35.1. The number of oxime groups is 1. The number of likely N-dealkylation sites (N-methyl/N-ethyl adjacent to an activating group) is 1. The van der Waals surface area contributed by atoms with E-state index in [4.69, 9.17) is 9.57 Å². The zero-order valence-corrected chi connectivity index (χ0v) is 29.6. The van der Waals surface area contributed by atoms with Gasteiger partial charge >= 0.3 is 6.03 Å². The summed E-state index contributed by atoms with van der Waals surface area (Å²) in [5, 5.41) is 50.5. The molecule has 0 spiro atoms. The zero-order chi connectivity index (χ0) is 35.3. The van der Waals surface area contributed by atoms with Crippen molar-refractivity contribution in [3.63, 3.8) is 0 Å². The van der Waals surface area contributed by atoms with Gasteiger partial charge in [-0.25, -0.2) is 4.79 Å². The molecule has 1 aromatic carbocycles. The fourth-order valence-electron chi connectivity index (χ4n) is 8.23. The van der Waals surface area contributed by atoms with Gasteiger partial charge in [0.1, 0.15) is 23.1 Å². The number of nitrogens with one attached hydrogen (secondary N) is 1. The van der Waals surface area contributed by atoms with E-state index in [0.29, 0.717) is 50.2 Å². The number of hydrogen-bond acceptors (Lipinski definition) is 9. The number of carbonyl (C=O) groups is 2. The molecule has 2 heterocycles. The van der Waals surface area contributed by atoms with Crippen LogP contribution in [0.15, 0.2) is 35.0 Å². The Hall–Kier alpha value is -3.35. The summed E-state index contributed by atoms with van der Waals surface area (Å²) in [7, 11) is 1.66. The van der Waals surface area contributed by atoms with E-state index in [1.807, 2.05) is 25.7 Å². The Labute approximate surface area is 290 Å². The van der Waals surface area contributed by atoms with Gasteiger partial charge in [-0.05, 0) is 94.9 Å². The Kier molecular flexibility index (Phi) is 11.8. The minimum absolute atomic E-state index is 0.0194. The van der Waals surface area contributed by atoms with Crippen molar-refractivity contribution in [3.05, 3.63) is 35.4 Å². The molecular formula is C37H56N4O8. The van der Waals surface area contributed by atoms with Gasteiger partial charge in [-0.3, -0.25) is 4.79 Å². The Bertz CT molecular complexity index is 1390. The molecule has 2 aliphatic carbocycles. The van der Waals surface area contributed by atoms with Gasteiger partial charge in [0.25, 0.3) is 0 Å². The highest BCUT2D eigenvalue weighted by Gasteiger charge is 2.63. The maximum Gasteiger partial charge on any atom is 0.317 e. The zero-order valence-electron chi connectivity index (χ0n) is 29.6. The van der Waals surface area contributed by atoms with Gasteiger partial charge in [0, 0.05) is 64.2 Å². The fraction of sp³-hybridized carbons (Fsp3) is 0.703. The monoisotopic (exact) mass is 684 g/mol. The number of phenols is 1. The predicted octanol–water partition coefficient (Wildman–Crippen LogP) is 4.27. The SMILES string of the molecule is CN(C(=O)NCCCN1CCCC1=O)[C@H]1CC(=NOC(C)(C)C)C2=C[C@H](CCCCO)[C@@H](CCCCO)[C@@H]3c4cc(O)ccc4O[C@@]1(O)[C@H]23. The smallest absolute Gasteiger partial charge is 0.317 e. The van der Waals surface area contributed by atoms with Gasteiger partial charge in [0.2, 0.25) is 11.7 Å². The molecule has 0 radical (unpaired) electrons. The van der Waals surface area contributed by atoms with E-state index in [1.54, 1.807) is 25.2 Å². The minimum atomic E-state index is -1.83. The van der Waals surface area contributed by atoms with Crippen LogP contribution in [0, 0.1) is 17.8 Å². The van der Waals surface area contributed by atoms with Crippen molar-refractivity contribution < 1.29 is 39.6 Å². The molecular weight excluding hydrogens is 628 g/mol. The second kappa shape index (κ2) is 15.7. The highest BCUT2D eigenvalue weighted by atomic mass is 16.6. The van der Waals surface area contributed by atoms with E-state index in [2.05, 4.69) is 16.5 Å². The molecule has 272 valence electrons. The van der Waals surface area contributed by atoms with Crippen molar-refractivity contribution >= 4 is 17.6 Å². The lowest BCUT2D eigenvalue weighted by molar-refractivity contribution is -0.226. The van der Waals surface area contributed by atoms with Gasteiger partial charge in [0.15, 0.2) is 0 Å². The van der Waals surface area contributed by atoms with E-state index in [9.17, 15) is 30.0 Å². The van der Waals surface area contributed by atoms with E-state index < -0.39 is 23.3 Å². The number of carbonyl (C=O) groups excluding carboxylic acids is 2. The highest BCUT2D eigenvalue weighted by molar-refractivity contribution is 6.03. The van der Waals surface area contributed by atoms with E-state index in [-0.39, 0.29) is 55.1 Å². The average Bonchev–Trinajstić information content (AvgIpc) is 3.47. The first-order valence-electron chi connectivity index (χ1n) is 18.1. The number of benzene rings is 1. The van der Waals surface area contributed by atoms with Crippen LogP contribution in [-0.4, -0.2) is 105 Å². The lowest BCUT2D eigenvalue weighted by Crippen LogP contribution is -2.69. The first-order chi connectivity index (χ1) is 23.4. The van der Waals surface area contributed by atoms with Crippen molar-refractivity contribution in [2.75, 3.05) is 39.9 Å². The third kappa shape index (κ3) is 8.18. The molecule has 5 rings (SSSR count). The van der Waals surface area contributed by atoms with Crippen molar-refractivity contribution in [1.82, 2.24) is 15.1 Å². The van der Waals surface area contributed by atoms with E-state index >= 15 is 0 Å². The Morgan fingerprint density at radius 2 is 1.88 bits per heavy atom. The first kappa shape index (κ1) is 36.9. The number of allylic oxidation sites excluding steroid dienone is 1.